The Bertz CT molecular complexity index is 553. The first kappa shape index (κ1) is 16.0. The maximum Gasteiger partial charge on any atom is 0.253 e. The molecule has 21 heavy (non-hydrogen) atoms. The minimum atomic E-state index is -0.730. The van der Waals surface area contributed by atoms with E-state index in [9.17, 15) is 14.7 Å². The summed E-state index contributed by atoms with van der Waals surface area (Å²) in [6.45, 7) is 0.210. The molecule has 3 N–H and O–H groups in total. The third-order valence-corrected chi connectivity index (χ3v) is 3.54. The fourth-order valence-electron chi connectivity index (χ4n) is 1.87. The van der Waals surface area contributed by atoms with Gasteiger partial charge in [-0.15, -0.1) is 0 Å². The molecule has 114 valence electrons. The Balaban J connectivity index is 1.86. The van der Waals surface area contributed by atoms with Crippen molar-refractivity contribution in [1.82, 2.24) is 10.6 Å². The molecule has 0 spiro atoms. The Morgan fingerprint density at radius 3 is 2.76 bits per heavy atom. The van der Waals surface area contributed by atoms with Gasteiger partial charge in [-0.25, -0.2) is 0 Å². The summed E-state index contributed by atoms with van der Waals surface area (Å²) in [5, 5.41) is 15.1. The molecule has 1 fully saturated rings. The number of halogens is 2. The number of ether oxygens (including phenoxy) is 1. The second kappa shape index (κ2) is 7.09. The van der Waals surface area contributed by atoms with Crippen molar-refractivity contribution in [2.45, 2.75) is 12.1 Å². The fourth-order valence-corrected chi connectivity index (χ4v) is 2.24. The Kier molecular flexibility index (Phi) is 5.41. The van der Waals surface area contributed by atoms with Crippen LogP contribution in [0.4, 0.5) is 0 Å². The van der Waals surface area contributed by atoms with Crippen molar-refractivity contribution >= 4 is 35.0 Å². The van der Waals surface area contributed by atoms with Gasteiger partial charge in [0.05, 0.1) is 42.5 Å². The van der Waals surface area contributed by atoms with E-state index in [4.69, 9.17) is 27.9 Å². The first-order valence-electron chi connectivity index (χ1n) is 6.26. The number of rotatable bonds is 4. The summed E-state index contributed by atoms with van der Waals surface area (Å²) in [7, 11) is 0. The van der Waals surface area contributed by atoms with Crippen LogP contribution < -0.4 is 10.6 Å². The standard InChI is InChI=1S/C13H14Cl2N2O4/c14-7-1-2-9(15)8(3-7)13(20)16-4-12(19)17-10-5-21-6-11(10)18/h1-3,10-11,18H,4-6H2,(H,16,20)(H,17,19)/t10-,11-/m0/s1. The van der Waals surface area contributed by atoms with Crippen LogP contribution in [-0.4, -0.2) is 48.8 Å². The lowest BCUT2D eigenvalue weighted by atomic mass is 10.2. The molecule has 0 unspecified atom stereocenters. The Labute approximate surface area is 131 Å². The predicted molar refractivity (Wildman–Crippen MR) is 77.6 cm³/mol. The van der Waals surface area contributed by atoms with Gasteiger partial charge in [0.15, 0.2) is 0 Å². The van der Waals surface area contributed by atoms with E-state index in [-0.39, 0.29) is 30.3 Å². The van der Waals surface area contributed by atoms with Crippen molar-refractivity contribution in [3.05, 3.63) is 33.8 Å². The molecule has 0 bridgehead atoms. The van der Waals surface area contributed by atoms with Crippen molar-refractivity contribution in [3.8, 4) is 0 Å². The van der Waals surface area contributed by atoms with E-state index < -0.39 is 24.0 Å². The largest absolute Gasteiger partial charge is 0.388 e. The minimum absolute atomic E-state index is 0.190. The van der Waals surface area contributed by atoms with Crippen LogP contribution in [0.25, 0.3) is 0 Å². The molecule has 1 aromatic rings. The van der Waals surface area contributed by atoms with E-state index in [0.29, 0.717) is 5.02 Å². The number of hydrogen-bond acceptors (Lipinski definition) is 4. The third-order valence-electron chi connectivity index (χ3n) is 2.98. The van der Waals surface area contributed by atoms with Gasteiger partial charge in [-0.3, -0.25) is 9.59 Å². The summed E-state index contributed by atoms with van der Waals surface area (Å²) in [5.41, 5.74) is 0.196. The summed E-state index contributed by atoms with van der Waals surface area (Å²) in [6, 6.07) is 4.04. The Morgan fingerprint density at radius 2 is 2.10 bits per heavy atom. The molecule has 0 radical (unpaired) electrons. The number of nitrogens with one attached hydrogen (secondary N) is 2. The normalized spacial score (nSPS) is 21.1. The molecule has 1 aromatic carbocycles. The molecule has 2 atom stereocenters. The lowest BCUT2D eigenvalue weighted by molar-refractivity contribution is -0.121. The zero-order valence-electron chi connectivity index (χ0n) is 10.9. The molecule has 0 aromatic heterocycles. The van der Waals surface area contributed by atoms with E-state index >= 15 is 0 Å². The number of carbonyl (C=O) groups excluding carboxylic acids is 2. The molecule has 0 saturated carbocycles. The Hall–Kier alpha value is -1.34. The van der Waals surface area contributed by atoms with Crippen molar-refractivity contribution in [1.29, 1.82) is 0 Å². The van der Waals surface area contributed by atoms with Gasteiger partial charge < -0.3 is 20.5 Å². The summed E-state index contributed by atoms with van der Waals surface area (Å²) in [5.74, 6) is -0.920. The minimum Gasteiger partial charge on any atom is -0.388 e. The molecule has 0 aliphatic carbocycles. The highest BCUT2D eigenvalue weighted by molar-refractivity contribution is 6.35. The summed E-state index contributed by atoms with van der Waals surface area (Å²) in [6.07, 6.45) is -0.730. The van der Waals surface area contributed by atoms with E-state index in [2.05, 4.69) is 10.6 Å². The average molecular weight is 333 g/mol. The molecule has 1 saturated heterocycles. The Morgan fingerprint density at radius 1 is 1.33 bits per heavy atom. The van der Waals surface area contributed by atoms with Crippen molar-refractivity contribution < 1.29 is 19.4 Å². The number of hydrogen-bond donors (Lipinski definition) is 3. The average Bonchev–Trinajstić information content (AvgIpc) is 2.84. The van der Waals surface area contributed by atoms with Gasteiger partial charge in [0.1, 0.15) is 0 Å². The van der Waals surface area contributed by atoms with Crippen LogP contribution >= 0.6 is 23.2 Å². The molecule has 1 heterocycles. The van der Waals surface area contributed by atoms with Crippen molar-refractivity contribution in [3.63, 3.8) is 0 Å². The zero-order chi connectivity index (χ0) is 15.4. The summed E-state index contributed by atoms with van der Waals surface area (Å²) < 4.78 is 5.01. The van der Waals surface area contributed by atoms with Gasteiger partial charge in [0, 0.05) is 5.02 Å². The molecule has 1 aliphatic heterocycles. The highest BCUT2D eigenvalue weighted by Gasteiger charge is 2.27. The molecule has 2 rings (SSSR count). The van der Waals surface area contributed by atoms with Crippen molar-refractivity contribution in [2.75, 3.05) is 19.8 Å². The topological polar surface area (TPSA) is 87.7 Å². The number of amides is 2. The van der Waals surface area contributed by atoms with Crippen LogP contribution in [0.5, 0.6) is 0 Å². The monoisotopic (exact) mass is 332 g/mol. The van der Waals surface area contributed by atoms with Crippen LogP contribution in [0.3, 0.4) is 0 Å². The lowest BCUT2D eigenvalue weighted by Gasteiger charge is -2.14. The van der Waals surface area contributed by atoms with E-state index in [0.717, 1.165) is 0 Å². The highest BCUT2D eigenvalue weighted by Crippen LogP contribution is 2.20. The predicted octanol–water partition coefficient (Wildman–Crippen LogP) is 0.599. The molecule has 6 nitrogen and oxygen atoms in total. The molecule has 8 heteroatoms. The van der Waals surface area contributed by atoms with Gasteiger partial charge in [0.2, 0.25) is 5.91 Å². The first-order chi connectivity index (χ1) is 9.97. The van der Waals surface area contributed by atoms with Crippen LogP contribution in [-0.2, 0) is 9.53 Å². The highest BCUT2D eigenvalue weighted by atomic mass is 35.5. The third kappa shape index (κ3) is 4.31. The van der Waals surface area contributed by atoms with Gasteiger partial charge >= 0.3 is 0 Å². The van der Waals surface area contributed by atoms with E-state index in [1.165, 1.54) is 12.1 Å². The summed E-state index contributed by atoms with van der Waals surface area (Å²) >= 11 is 11.7. The fraction of sp³-hybridized carbons (Fsp3) is 0.385. The zero-order valence-corrected chi connectivity index (χ0v) is 12.4. The van der Waals surface area contributed by atoms with Crippen LogP contribution in [0.2, 0.25) is 10.0 Å². The number of carbonyl (C=O) groups is 2. The lowest BCUT2D eigenvalue weighted by Crippen LogP contribution is -2.46. The molecule has 1 aliphatic rings. The number of aliphatic hydroxyl groups excluding tert-OH is 1. The maximum atomic E-state index is 11.9. The molecular formula is C13H14Cl2N2O4. The van der Waals surface area contributed by atoms with Crippen LogP contribution in [0, 0.1) is 0 Å². The van der Waals surface area contributed by atoms with E-state index in [1.54, 1.807) is 6.07 Å². The SMILES string of the molecule is O=C(CNC(=O)c1cc(Cl)ccc1Cl)N[C@H]1COC[C@@H]1O. The smallest absolute Gasteiger partial charge is 0.253 e. The maximum absolute atomic E-state index is 11.9. The molecular weight excluding hydrogens is 319 g/mol. The second-order valence-corrected chi connectivity index (χ2v) is 5.43. The number of aliphatic hydroxyl groups is 1. The van der Waals surface area contributed by atoms with Crippen LogP contribution in [0.15, 0.2) is 18.2 Å². The summed E-state index contributed by atoms with van der Waals surface area (Å²) in [4.78, 5) is 23.6. The van der Waals surface area contributed by atoms with Crippen LogP contribution in [0.1, 0.15) is 10.4 Å². The van der Waals surface area contributed by atoms with E-state index in [1.807, 2.05) is 0 Å². The van der Waals surface area contributed by atoms with Gasteiger partial charge in [-0.05, 0) is 18.2 Å². The molecule has 2 amide bonds. The number of benzene rings is 1. The van der Waals surface area contributed by atoms with Gasteiger partial charge in [0.25, 0.3) is 5.91 Å². The quantitative estimate of drug-likeness (QED) is 0.753. The second-order valence-electron chi connectivity index (χ2n) is 4.59. The van der Waals surface area contributed by atoms with Gasteiger partial charge in [-0.2, -0.15) is 0 Å². The first-order valence-corrected chi connectivity index (χ1v) is 7.01. The van der Waals surface area contributed by atoms with Gasteiger partial charge in [-0.1, -0.05) is 23.2 Å². The van der Waals surface area contributed by atoms with Crippen molar-refractivity contribution in [2.24, 2.45) is 0 Å².